The van der Waals surface area contributed by atoms with Crippen molar-refractivity contribution in [3.63, 3.8) is 0 Å². The SMILES string of the molecule is COc1ccc(OC)c(C(=O)N2CC[C@@H](N)C2)c1. The monoisotopic (exact) mass is 250 g/mol. The molecule has 0 radical (unpaired) electrons. The Labute approximate surface area is 106 Å². The maximum atomic E-state index is 12.4. The Hall–Kier alpha value is -1.75. The maximum Gasteiger partial charge on any atom is 0.257 e. The van der Waals surface area contributed by atoms with E-state index in [0.717, 1.165) is 6.42 Å². The minimum Gasteiger partial charge on any atom is -0.497 e. The van der Waals surface area contributed by atoms with Gasteiger partial charge in [-0.15, -0.1) is 0 Å². The number of benzene rings is 1. The summed E-state index contributed by atoms with van der Waals surface area (Å²) < 4.78 is 10.4. The highest BCUT2D eigenvalue weighted by atomic mass is 16.5. The van der Waals surface area contributed by atoms with Gasteiger partial charge in [0.2, 0.25) is 0 Å². The Bertz CT molecular complexity index is 448. The molecular formula is C13H18N2O3. The van der Waals surface area contributed by atoms with Crippen molar-refractivity contribution in [2.75, 3.05) is 27.3 Å². The highest BCUT2D eigenvalue weighted by molar-refractivity contribution is 5.97. The summed E-state index contributed by atoms with van der Waals surface area (Å²) in [5.74, 6) is 1.14. The molecule has 5 heteroatoms. The number of likely N-dealkylation sites (tertiary alicyclic amines) is 1. The van der Waals surface area contributed by atoms with Crippen LogP contribution in [0.1, 0.15) is 16.8 Å². The number of ether oxygens (including phenoxy) is 2. The molecule has 1 aromatic carbocycles. The van der Waals surface area contributed by atoms with E-state index in [1.807, 2.05) is 0 Å². The van der Waals surface area contributed by atoms with Gasteiger partial charge in [0.15, 0.2) is 0 Å². The van der Waals surface area contributed by atoms with Crippen LogP contribution in [-0.4, -0.2) is 44.2 Å². The van der Waals surface area contributed by atoms with Gasteiger partial charge in [0.25, 0.3) is 5.91 Å². The molecule has 0 bridgehead atoms. The lowest BCUT2D eigenvalue weighted by molar-refractivity contribution is 0.0787. The van der Waals surface area contributed by atoms with E-state index < -0.39 is 0 Å². The van der Waals surface area contributed by atoms with Gasteiger partial charge >= 0.3 is 0 Å². The van der Waals surface area contributed by atoms with E-state index in [1.165, 1.54) is 0 Å². The lowest BCUT2D eigenvalue weighted by Gasteiger charge is -2.18. The van der Waals surface area contributed by atoms with E-state index >= 15 is 0 Å². The molecule has 1 aliphatic heterocycles. The zero-order valence-electron chi connectivity index (χ0n) is 10.7. The van der Waals surface area contributed by atoms with E-state index in [1.54, 1.807) is 37.3 Å². The van der Waals surface area contributed by atoms with Crippen LogP contribution in [0.25, 0.3) is 0 Å². The van der Waals surface area contributed by atoms with E-state index in [9.17, 15) is 4.79 Å². The van der Waals surface area contributed by atoms with E-state index in [2.05, 4.69) is 0 Å². The quantitative estimate of drug-likeness (QED) is 0.864. The Morgan fingerprint density at radius 3 is 2.72 bits per heavy atom. The Kier molecular flexibility index (Phi) is 3.72. The first-order chi connectivity index (χ1) is 8.65. The predicted molar refractivity (Wildman–Crippen MR) is 68.0 cm³/mol. The first-order valence-electron chi connectivity index (χ1n) is 5.92. The van der Waals surface area contributed by atoms with Crippen LogP contribution in [0.2, 0.25) is 0 Å². The molecule has 1 aromatic rings. The van der Waals surface area contributed by atoms with Gasteiger partial charge < -0.3 is 20.1 Å². The molecule has 0 unspecified atom stereocenters. The average Bonchev–Trinajstić information content (AvgIpc) is 2.83. The van der Waals surface area contributed by atoms with Gasteiger partial charge in [0, 0.05) is 19.1 Å². The summed E-state index contributed by atoms with van der Waals surface area (Å²) in [7, 11) is 3.12. The molecular weight excluding hydrogens is 232 g/mol. The molecule has 0 saturated carbocycles. The Balaban J connectivity index is 2.27. The van der Waals surface area contributed by atoms with Gasteiger partial charge in [0.1, 0.15) is 11.5 Å². The largest absolute Gasteiger partial charge is 0.497 e. The van der Waals surface area contributed by atoms with Crippen molar-refractivity contribution in [1.29, 1.82) is 0 Å². The molecule has 1 heterocycles. The molecule has 98 valence electrons. The van der Waals surface area contributed by atoms with Crippen LogP contribution in [-0.2, 0) is 0 Å². The predicted octanol–water partition coefficient (Wildman–Crippen LogP) is 0.877. The zero-order chi connectivity index (χ0) is 13.1. The van der Waals surface area contributed by atoms with Gasteiger partial charge in [0.05, 0.1) is 19.8 Å². The van der Waals surface area contributed by atoms with Crippen LogP contribution in [0.4, 0.5) is 0 Å². The lowest BCUT2D eigenvalue weighted by Crippen LogP contribution is -2.32. The number of carbonyl (C=O) groups excluding carboxylic acids is 1. The molecule has 1 atom stereocenters. The average molecular weight is 250 g/mol. The van der Waals surface area contributed by atoms with Crippen molar-refractivity contribution >= 4 is 5.91 Å². The van der Waals surface area contributed by atoms with Crippen LogP contribution >= 0.6 is 0 Å². The van der Waals surface area contributed by atoms with Crippen molar-refractivity contribution in [3.8, 4) is 11.5 Å². The summed E-state index contributed by atoms with van der Waals surface area (Å²) in [6, 6.07) is 5.28. The second kappa shape index (κ2) is 5.27. The van der Waals surface area contributed by atoms with Crippen molar-refractivity contribution in [2.24, 2.45) is 5.73 Å². The standard InChI is InChI=1S/C13H18N2O3/c1-17-10-3-4-12(18-2)11(7-10)13(16)15-6-5-9(14)8-15/h3-4,7,9H,5-6,8,14H2,1-2H3/t9-/m1/s1. The van der Waals surface area contributed by atoms with Crippen LogP contribution in [0, 0.1) is 0 Å². The minimum atomic E-state index is -0.0568. The van der Waals surface area contributed by atoms with Crippen LogP contribution in [0.15, 0.2) is 18.2 Å². The fourth-order valence-corrected chi connectivity index (χ4v) is 2.12. The van der Waals surface area contributed by atoms with Gasteiger partial charge in [-0.25, -0.2) is 0 Å². The summed E-state index contributed by atoms with van der Waals surface area (Å²) in [6.45, 7) is 1.29. The third-order valence-corrected chi connectivity index (χ3v) is 3.15. The highest BCUT2D eigenvalue weighted by Gasteiger charge is 2.26. The first-order valence-corrected chi connectivity index (χ1v) is 5.92. The minimum absolute atomic E-state index is 0.0568. The summed E-state index contributed by atoms with van der Waals surface area (Å²) in [5.41, 5.74) is 6.34. The molecule has 1 amide bonds. The smallest absolute Gasteiger partial charge is 0.257 e. The summed E-state index contributed by atoms with van der Waals surface area (Å²) >= 11 is 0. The normalized spacial score (nSPS) is 18.8. The lowest BCUT2D eigenvalue weighted by atomic mass is 10.1. The number of nitrogens with two attached hydrogens (primary N) is 1. The van der Waals surface area contributed by atoms with Gasteiger partial charge in [-0.1, -0.05) is 0 Å². The van der Waals surface area contributed by atoms with Crippen LogP contribution < -0.4 is 15.2 Å². The van der Waals surface area contributed by atoms with Gasteiger partial charge in [-0.3, -0.25) is 4.79 Å². The van der Waals surface area contributed by atoms with Crippen molar-refractivity contribution < 1.29 is 14.3 Å². The second-order valence-corrected chi connectivity index (χ2v) is 4.37. The Morgan fingerprint density at radius 2 is 2.17 bits per heavy atom. The molecule has 0 aromatic heterocycles. The Morgan fingerprint density at radius 1 is 1.39 bits per heavy atom. The molecule has 2 rings (SSSR count). The molecule has 0 aliphatic carbocycles. The molecule has 2 N–H and O–H groups in total. The fourth-order valence-electron chi connectivity index (χ4n) is 2.12. The molecule has 1 fully saturated rings. The summed E-state index contributed by atoms with van der Waals surface area (Å²) in [4.78, 5) is 14.1. The summed E-state index contributed by atoms with van der Waals surface area (Å²) in [6.07, 6.45) is 0.845. The van der Waals surface area contributed by atoms with Crippen molar-refractivity contribution in [2.45, 2.75) is 12.5 Å². The third kappa shape index (κ3) is 2.41. The number of amides is 1. The number of nitrogens with zero attached hydrogens (tertiary/aromatic N) is 1. The van der Waals surface area contributed by atoms with Crippen molar-refractivity contribution in [3.05, 3.63) is 23.8 Å². The topological polar surface area (TPSA) is 64.8 Å². The third-order valence-electron chi connectivity index (χ3n) is 3.15. The van der Waals surface area contributed by atoms with Gasteiger partial charge in [-0.2, -0.15) is 0 Å². The fraction of sp³-hybridized carbons (Fsp3) is 0.462. The number of carbonyl (C=O) groups is 1. The molecule has 18 heavy (non-hydrogen) atoms. The van der Waals surface area contributed by atoms with Crippen LogP contribution in [0.3, 0.4) is 0 Å². The van der Waals surface area contributed by atoms with E-state index in [4.69, 9.17) is 15.2 Å². The molecule has 5 nitrogen and oxygen atoms in total. The van der Waals surface area contributed by atoms with Gasteiger partial charge in [-0.05, 0) is 24.6 Å². The number of methoxy groups -OCH3 is 2. The number of rotatable bonds is 3. The number of hydrogen-bond donors (Lipinski definition) is 1. The summed E-state index contributed by atoms with van der Waals surface area (Å²) in [5, 5.41) is 0. The molecule has 1 aliphatic rings. The zero-order valence-corrected chi connectivity index (χ0v) is 10.7. The maximum absolute atomic E-state index is 12.4. The molecule has 1 saturated heterocycles. The second-order valence-electron chi connectivity index (χ2n) is 4.37. The number of hydrogen-bond acceptors (Lipinski definition) is 4. The molecule has 0 spiro atoms. The van der Waals surface area contributed by atoms with Crippen molar-refractivity contribution in [1.82, 2.24) is 4.90 Å². The van der Waals surface area contributed by atoms with E-state index in [0.29, 0.717) is 30.2 Å². The first kappa shape index (κ1) is 12.7. The highest BCUT2D eigenvalue weighted by Crippen LogP contribution is 2.26. The van der Waals surface area contributed by atoms with E-state index in [-0.39, 0.29) is 11.9 Å². The van der Waals surface area contributed by atoms with Crippen LogP contribution in [0.5, 0.6) is 11.5 Å².